The van der Waals surface area contributed by atoms with Crippen LogP contribution in [0.25, 0.3) is 0 Å². The van der Waals surface area contributed by atoms with E-state index in [0.717, 1.165) is 45.4 Å². The maximum Gasteiger partial charge on any atom is 0.236 e. The summed E-state index contributed by atoms with van der Waals surface area (Å²) in [5, 5.41) is 3.19. The zero-order valence-corrected chi connectivity index (χ0v) is 12.3. The average Bonchev–Trinajstić information content (AvgIpc) is 2.86. The lowest BCUT2D eigenvalue weighted by atomic mass is 9.97. The highest BCUT2D eigenvalue weighted by Crippen LogP contribution is 2.18. The quantitative estimate of drug-likeness (QED) is 0.695. The van der Waals surface area contributed by atoms with Crippen molar-refractivity contribution in [3.63, 3.8) is 0 Å². The van der Waals surface area contributed by atoms with Crippen LogP contribution < -0.4 is 11.1 Å². The van der Waals surface area contributed by atoms with E-state index in [4.69, 9.17) is 5.73 Å². The summed E-state index contributed by atoms with van der Waals surface area (Å²) in [6, 6.07) is 0. The molecule has 0 aromatic heterocycles. The Hall–Kier alpha value is -1.14. The molecule has 6 heteroatoms. The lowest BCUT2D eigenvalue weighted by molar-refractivity contribution is -0.135. The van der Waals surface area contributed by atoms with Crippen molar-refractivity contribution in [2.45, 2.75) is 19.3 Å². The van der Waals surface area contributed by atoms with Crippen molar-refractivity contribution >= 4 is 11.8 Å². The van der Waals surface area contributed by atoms with E-state index in [2.05, 4.69) is 10.2 Å². The molecule has 6 nitrogen and oxygen atoms in total. The third kappa shape index (κ3) is 3.93. The summed E-state index contributed by atoms with van der Waals surface area (Å²) in [5.74, 6) is 0.342. The Morgan fingerprint density at radius 1 is 1.25 bits per heavy atom. The van der Waals surface area contributed by atoms with E-state index in [9.17, 15) is 9.59 Å². The highest BCUT2D eigenvalue weighted by Gasteiger charge is 2.29. The standard InChI is InChI=1S/C14H26N4O2/c1-16-7-11-4-6-17(8-11)10-13(19)18-5-2-3-12(9-18)14(15)20/h11-12,16H,2-10H2,1H3,(H2,15,20). The molecule has 2 heterocycles. The molecule has 0 bridgehead atoms. The lowest BCUT2D eigenvalue weighted by Gasteiger charge is -2.32. The first-order valence-electron chi connectivity index (χ1n) is 7.54. The van der Waals surface area contributed by atoms with Gasteiger partial charge in [-0.15, -0.1) is 0 Å². The highest BCUT2D eigenvalue weighted by atomic mass is 16.2. The van der Waals surface area contributed by atoms with Crippen molar-refractivity contribution in [2.75, 3.05) is 46.3 Å². The van der Waals surface area contributed by atoms with Gasteiger partial charge in [0, 0.05) is 19.6 Å². The zero-order valence-electron chi connectivity index (χ0n) is 12.3. The van der Waals surface area contributed by atoms with E-state index in [1.54, 1.807) is 0 Å². The summed E-state index contributed by atoms with van der Waals surface area (Å²) in [4.78, 5) is 27.6. The molecule has 2 unspecified atom stereocenters. The smallest absolute Gasteiger partial charge is 0.236 e. The molecule has 0 aromatic rings. The summed E-state index contributed by atoms with van der Waals surface area (Å²) < 4.78 is 0. The van der Waals surface area contributed by atoms with E-state index in [0.29, 0.717) is 19.0 Å². The first-order valence-corrected chi connectivity index (χ1v) is 7.54. The highest BCUT2D eigenvalue weighted by molar-refractivity contribution is 5.81. The molecule has 0 radical (unpaired) electrons. The predicted molar refractivity (Wildman–Crippen MR) is 77.0 cm³/mol. The second-order valence-electron chi connectivity index (χ2n) is 6.03. The molecule has 2 fully saturated rings. The van der Waals surface area contributed by atoms with Gasteiger partial charge in [0.2, 0.25) is 11.8 Å². The first-order chi connectivity index (χ1) is 9.60. The Balaban J connectivity index is 1.78. The largest absolute Gasteiger partial charge is 0.369 e. The van der Waals surface area contributed by atoms with Crippen LogP contribution in [0.5, 0.6) is 0 Å². The molecule has 2 aliphatic rings. The fourth-order valence-corrected chi connectivity index (χ4v) is 3.24. The van der Waals surface area contributed by atoms with Crippen LogP contribution in [0, 0.1) is 11.8 Å². The van der Waals surface area contributed by atoms with Gasteiger partial charge in [0.15, 0.2) is 0 Å². The van der Waals surface area contributed by atoms with Gasteiger partial charge in [-0.05, 0) is 45.3 Å². The molecular weight excluding hydrogens is 256 g/mol. The van der Waals surface area contributed by atoms with E-state index in [1.165, 1.54) is 0 Å². The third-order valence-electron chi connectivity index (χ3n) is 4.40. The maximum atomic E-state index is 12.3. The Labute approximate surface area is 120 Å². The lowest BCUT2D eigenvalue weighted by Crippen LogP contribution is -2.47. The minimum atomic E-state index is -0.280. The van der Waals surface area contributed by atoms with Gasteiger partial charge < -0.3 is 16.0 Å². The molecule has 0 spiro atoms. The zero-order chi connectivity index (χ0) is 14.5. The van der Waals surface area contributed by atoms with Crippen molar-refractivity contribution in [3.8, 4) is 0 Å². The fraction of sp³-hybridized carbons (Fsp3) is 0.857. The Bertz CT molecular complexity index is 361. The fourth-order valence-electron chi connectivity index (χ4n) is 3.24. The molecule has 0 aromatic carbocycles. The van der Waals surface area contributed by atoms with Crippen LogP contribution in [0.1, 0.15) is 19.3 Å². The number of hydrogen-bond donors (Lipinski definition) is 2. The van der Waals surface area contributed by atoms with Crippen molar-refractivity contribution in [2.24, 2.45) is 17.6 Å². The monoisotopic (exact) mass is 282 g/mol. The summed E-state index contributed by atoms with van der Waals surface area (Å²) >= 11 is 0. The number of nitrogens with one attached hydrogen (secondary N) is 1. The predicted octanol–water partition coefficient (Wildman–Crippen LogP) is -0.748. The normalized spacial score (nSPS) is 27.8. The molecule has 2 rings (SSSR count). The van der Waals surface area contributed by atoms with Crippen molar-refractivity contribution in [1.82, 2.24) is 15.1 Å². The molecule has 2 saturated heterocycles. The number of amides is 2. The number of piperidine rings is 1. The van der Waals surface area contributed by atoms with Crippen molar-refractivity contribution in [3.05, 3.63) is 0 Å². The molecule has 2 atom stereocenters. The first kappa shape index (κ1) is 15.3. The van der Waals surface area contributed by atoms with Crippen LogP contribution in [0.15, 0.2) is 0 Å². The van der Waals surface area contributed by atoms with Crippen LogP contribution in [0.2, 0.25) is 0 Å². The van der Waals surface area contributed by atoms with Crippen LogP contribution in [-0.2, 0) is 9.59 Å². The molecule has 0 aliphatic carbocycles. The molecule has 3 N–H and O–H groups in total. The summed E-state index contributed by atoms with van der Waals surface area (Å²) in [6.07, 6.45) is 2.84. The molecule has 2 amide bonds. The third-order valence-corrected chi connectivity index (χ3v) is 4.40. The van der Waals surface area contributed by atoms with Gasteiger partial charge in [-0.1, -0.05) is 0 Å². The number of nitrogens with two attached hydrogens (primary N) is 1. The van der Waals surface area contributed by atoms with Crippen molar-refractivity contribution < 1.29 is 9.59 Å². The number of rotatable bonds is 5. The van der Waals surface area contributed by atoms with Crippen LogP contribution in [0.4, 0.5) is 0 Å². The summed E-state index contributed by atoms with van der Waals surface area (Å²) in [7, 11) is 1.96. The van der Waals surface area contributed by atoms with Crippen LogP contribution in [0.3, 0.4) is 0 Å². The second-order valence-corrected chi connectivity index (χ2v) is 6.03. The second kappa shape index (κ2) is 7.04. The van der Waals surface area contributed by atoms with E-state index >= 15 is 0 Å². The van der Waals surface area contributed by atoms with Gasteiger partial charge in [0.1, 0.15) is 0 Å². The number of hydrogen-bond acceptors (Lipinski definition) is 4. The topological polar surface area (TPSA) is 78.7 Å². The summed E-state index contributed by atoms with van der Waals surface area (Å²) in [5.41, 5.74) is 5.35. The minimum absolute atomic E-state index is 0.140. The molecule has 2 aliphatic heterocycles. The Kier molecular flexibility index (Phi) is 5.37. The Morgan fingerprint density at radius 3 is 2.75 bits per heavy atom. The number of likely N-dealkylation sites (tertiary alicyclic amines) is 2. The van der Waals surface area contributed by atoms with Gasteiger partial charge in [-0.2, -0.15) is 0 Å². The SMILES string of the molecule is CNCC1CCN(CC(=O)N2CCCC(C(N)=O)C2)C1. The van der Waals surface area contributed by atoms with Gasteiger partial charge in [0.05, 0.1) is 12.5 Å². The van der Waals surface area contributed by atoms with Crippen molar-refractivity contribution in [1.29, 1.82) is 0 Å². The molecule has 0 saturated carbocycles. The van der Waals surface area contributed by atoms with Gasteiger partial charge in [-0.3, -0.25) is 14.5 Å². The Morgan fingerprint density at radius 2 is 2.05 bits per heavy atom. The maximum absolute atomic E-state index is 12.3. The number of primary amides is 1. The van der Waals surface area contributed by atoms with Gasteiger partial charge in [0.25, 0.3) is 0 Å². The van der Waals surface area contributed by atoms with Gasteiger partial charge in [-0.25, -0.2) is 0 Å². The average molecular weight is 282 g/mol. The van der Waals surface area contributed by atoms with Crippen LogP contribution in [-0.4, -0.2) is 67.9 Å². The molecule has 114 valence electrons. The molecular formula is C14H26N4O2. The van der Waals surface area contributed by atoms with E-state index in [1.807, 2.05) is 11.9 Å². The summed E-state index contributed by atoms with van der Waals surface area (Å²) in [6.45, 7) is 4.73. The minimum Gasteiger partial charge on any atom is -0.369 e. The number of carbonyl (C=O) groups is 2. The molecule has 20 heavy (non-hydrogen) atoms. The van der Waals surface area contributed by atoms with Crippen LogP contribution >= 0.6 is 0 Å². The van der Waals surface area contributed by atoms with Gasteiger partial charge >= 0.3 is 0 Å². The number of carbonyl (C=O) groups excluding carboxylic acids is 2. The van der Waals surface area contributed by atoms with E-state index in [-0.39, 0.29) is 17.7 Å². The van der Waals surface area contributed by atoms with E-state index < -0.39 is 0 Å². The number of nitrogens with zero attached hydrogens (tertiary/aromatic N) is 2.